The topological polar surface area (TPSA) is 41.4 Å². The molecule has 0 N–H and O–H groups in total. The highest BCUT2D eigenvalue weighted by Gasteiger charge is 2.35. The van der Waals surface area contributed by atoms with E-state index in [2.05, 4.69) is 23.3 Å². The molecule has 0 radical (unpaired) electrons. The second kappa shape index (κ2) is 7.50. The minimum atomic E-state index is 0.149. The van der Waals surface area contributed by atoms with E-state index in [4.69, 9.17) is 17.3 Å². The quantitative estimate of drug-likeness (QED) is 0.655. The zero-order chi connectivity index (χ0) is 18.3. The summed E-state index contributed by atoms with van der Waals surface area (Å²) in [6.07, 6.45) is 4.83. The Balaban J connectivity index is 1.57. The van der Waals surface area contributed by atoms with Crippen molar-refractivity contribution in [3.05, 3.63) is 25.8 Å². The van der Waals surface area contributed by atoms with Gasteiger partial charge in [-0.1, -0.05) is 25.2 Å². The third-order valence-corrected chi connectivity index (χ3v) is 7.50. The van der Waals surface area contributed by atoms with Gasteiger partial charge in [-0.3, -0.25) is 14.6 Å². The SMILES string of the molecule is CCC(=O)N(c1nn(CN2CCc3sccc3[C@@H]2CC)c(=S)s1)C1CC1. The first-order chi connectivity index (χ1) is 12.6. The maximum Gasteiger partial charge on any atom is 0.228 e. The monoisotopic (exact) mass is 408 g/mol. The third kappa shape index (κ3) is 3.40. The van der Waals surface area contributed by atoms with E-state index >= 15 is 0 Å². The number of aromatic nitrogens is 2. The molecule has 0 aromatic carbocycles. The maximum absolute atomic E-state index is 12.4. The lowest BCUT2D eigenvalue weighted by Gasteiger charge is -2.35. The first kappa shape index (κ1) is 18.3. The van der Waals surface area contributed by atoms with Crippen molar-refractivity contribution in [1.82, 2.24) is 14.7 Å². The predicted octanol–water partition coefficient (Wildman–Crippen LogP) is 4.61. The van der Waals surface area contributed by atoms with Crippen molar-refractivity contribution in [2.75, 3.05) is 11.4 Å². The molecule has 0 spiro atoms. The lowest BCUT2D eigenvalue weighted by atomic mass is 9.98. The van der Waals surface area contributed by atoms with Gasteiger partial charge < -0.3 is 0 Å². The van der Waals surface area contributed by atoms with Crippen LogP contribution in [-0.4, -0.2) is 33.2 Å². The van der Waals surface area contributed by atoms with Crippen LogP contribution < -0.4 is 4.90 Å². The van der Waals surface area contributed by atoms with Gasteiger partial charge in [-0.2, -0.15) is 0 Å². The molecule has 1 saturated carbocycles. The third-order valence-electron chi connectivity index (χ3n) is 5.19. The molecule has 1 aliphatic heterocycles. The molecule has 2 aromatic heterocycles. The van der Waals surface area contributed by atoms with E-state index in [-0.39, 0.29) is 5.91 Å². The van der Waals surface area contributed by atoms with E-state index in [9.17, 15) is 4.79 Å². The highest BCUT2D eigenvalue weighted by atomic mass is 32.1. The number of carbonyl (C=O) groups excluding carboxylic acids is 1. The molecule has 4 rings (SSSR count). The first-order valence-corrected chi connectivity index (χ1v) is 11.4. The number of amides is 1. The fourth-order valence-corrected chi connectivity index (χ4v) is 5.82. The second-order valence-corrected chi connectivity index (χ2v) is 9.53. The fraction of sp³-hybridized carbons (Fsp3) is 0.611. The van der Waals surface area contributed by atoms with Crippen LogP contribution >= 0.6 is 34.9 Å². The number of rotatable bonds is 6. The Labute approximate surface area is 167 Å². The molecule has 3 heterocycles. The van der Waals surface area contributed by atoms with Gasteiger partial charge in [0.1, 0.15) is 0 Å². The first-order valence-electron chi connectivity index (χ1n) is 9.32. The van der Waals surface area contributed by atoms with Crippen LogP contribution in [-0.2, 0) is 17.9 Å². The zero-order valence-corrected chi connectivity index (χ0v) is 17.6. The van der Waals surface area contributed by atoms with E-state index in [1.165, 1.54) is 21.8 Å². The molecule has 0 unspecified atom stereocenters. The summed E-state index contributed by atoms with van der Waals surface area (Å²) in [4.78, 5) is 18.2. The van der Waals surface area contributed by atoms with Crippen LogP contribution in [0.3, 0.4) is 0 Å². The van der Waals surface area contributed by atoms with Crippen molar-refractivity contribution >= 4 is 45.9 Å². The van der Waals surface area contributed by atoms with Crippen LogP contribution in [0.1, 0.15) is 56.0 Å². The van der Waals surface area contributed by atoms with Crippen molar-refractivity contribution in [2.24, 2.45) is 0 Å². The van der Waals surface area contributed by atoms with Gasteiger partial charge in [-0.25, -0.2) is 4.68 Å². The number of thiophene rings is 1. The molecule has 2 aromatic rings. The van der Waals surface area contributed by atoms with Crippen LogP contribution in [0.2, 0.25) is 0 Å². The van der Waals surface area contributed by atoms with E-state index in [0.29, 0.717) is 25.2 Å². The molecule has 1 fully saturated rings. The molecule has 0 bridgehead atoms. The van der Waals surface area contributed by atoms with E-state index < -0.39 is 0 Å². The van der Waals surface area contributed by atoms with Crippen molar-refractivity contribution in [2.45, 2.75) is 64.7 Å². The summed E-state index contributed by atoms with van der Waals surface area (Å²) >= 11 is 8.92. The van der Waals surface area contributed by atoms with Crippen molar-refractivity contribution in [1.29, 1.82) is 0 Å². The van der Waals surface area contributed by atoms with Crippen LogP contribution in [0.4, 0.5) is 5.13 Å². The van der Waals surface area contributed by atoms with Gasteiger partial charge >= 0.3 is 0 Å². The van der Waals surface area contributed by atoms with Gasteiger partial charge in [0.05, 0.1) is 6.67 Å². The molecule has 0 saturated heterocycles. The smallest absolute Gasteiger partial charge is 0.228 e. The number of hydrogen-bond acceptors (Lipinski definition) is 6. The molecular formula is C18H24N4OS3. The normalized spacial score (nSPS) is 20.2. The highest BCUT2D eigenvalue weighted by molar-refractivity contribution is 7.73. The van der Waals surface area contributed by atoms with E-state index in [0.717, 1.165) is 41.3 Å². The molecule has 140 valence electrons. The Kier molecular flexibility index (Phi) is 5.27. The maximum atomic E-state index is 12.4. The Morgan fingerprint density at radius 1 is 1.42 bits per heavy atom. The number of hydrogen-bond donors (Lipinski definition) is 0. The Hall–Kier alpha value is -1.09. The van der Waals surface area contributed by atoms with Gasteiger partial charge in [-0.15, -0.1) is 16.4 Å². The van der Waals surface area contributed by atoms with Gasteiger partial charge in [-0.05, 0) is 54.9 Å². The molecule has 1 atom stereocenters. The van der Waals surface area contributed by atoms with Crippen LogP contribution in [0.25, 0.3) is 0 Å². The standard InChI is InChI=1S/C18H24N4OS3/c1-3-14-13-8-10-25-15(13)7-9-20(14)11-21-18(24)26-17(19-21)22(12-5-6-12)16(23)4-2/h8,10,12,14H,3-7,9,11H2,1-2H3/t14-/m0/s1. The average molecular weight is 409 g/mol. The number of fused-ring (bicyclic) bond motifs is 1. The van der Waals surface area contributed by atoms with Crippen LogP contribution in [0.15, 0.2) is 11.4 Å². The second-order valence-electron chi connectivity index (χ2n) is 6.93. The zero-order valence-electron chi connectivity index (χ0n) is 15.2. The minimum Gasteiger partial charge on any atom is -0.284 e. The largest absolute Gasteiger partial charge is 0.284 e. The summed E-state index contributed by atoms with van der Waals surface area (Å²) in [5.74, 6) is 0.149. The Morgan fingerprint density at radius 2 is 2.23 bits per heavy atom. The number of nitrogens with zero attached hydrogens (tertiary/aromatic N) is 4. The van der Waals surface area contributed by atoms with Crippen molar-refractivity contribution in [3.63, 3.8) is 0 Å². The molecule has 1 aliphatic carbocycles. The van der Waals surface area contributed by atoms with Crippen molar-refractivity contribution in [3.8, 4) is 0 Å². The number of carbonyl (C=O) groups is 1. The molecular weight excluding hydrogens is 384 g/mol. The summed E-state index contributed by atoms with van der Waals surface area (Å²) in [6, 6.07) is 3.01. The fourth-order valence-electron chi connectivity index (χ4n) is 3.72. The Morgan fingerprint density at radius 3 is 2.92 bits per heavy atom. The minimum absolute atomic E-state index is 0.149. The lowest BCUT2D eigenvalue weighted by Crippen LogP contribution is -2.36. The molecule has 26 heavy (non-hydrogen) atoms. The predicted molar refractivity (Wildman–Crippen MR) is 109 cm³/mol. The highest BCUT2D eigenvalue weighted by Crippen LogP contribution is 2.37. The van der Waals surface area contributed by atoms with Crippen LogP contribution in [0.5, 0.6) is 0 Å². The van der Waals surface area contributed by atoms with Gasteiger partial charge in [0, 0.05) is 29.9 Å². The lowest BCUT2D eigenvalue weighted by molar-refractivity contribution is -0.118. The Bertz CT molecular complexity index is 851. The summed E-state index contributed by atoms with van der Waals surface area (Å²) in [5.41, 5.74) is 1.46. The molecule has 5 nitrogen and oxygen atoms in total. The number of anilines is 1. The average Bonchev–Trinajstić information content (AvgIpc) is 3.24. The summed E-state index contributed by atoms with van der Waals surface area (Å²) in [6.45, 7) is 5.87. The van der Waals surface area contributed by atoms with Gasteiger partial charge in [0.25, 0.3) is 0 Å². The van der Waals surface area contributed by atoms with E-state index in [1.807, 2.05) is 27.8 Å². The molecule has 8 heteroatoms. The summed E-state index contributed by atoms with van der Waals surface area (Å²) < 4.78 is 2.66. The van der Waals surface area contributed by atoms with Crippen LogP contribution in [0, 0.1) is 3.95 Å². The summed E-state index contributed by atoms with van der Waals surface area (Å²) in [5, 5.41) is 7.71. The molecule has 1 amide bonds. The van der Waals surface area contributed by atoms with Gasteiger partial charge in [0.15, 0.2) is 3.95 Å². The van der Waals surface area contributed by atoms with Gasteiger partial charge in [0.2, 0.25) is 11.0 Å². The summed E-state index contributed by atoms with van der Waals surface area (Å²) in [7, 11) is 0. The van der Waals surface area contributed by atoms with Crippen molar-refractivity contribution < 1.29 is 4.79 Å². The molecule has 2 aliphatic rings. The van der Waals surface area contributed by atoms with E-state index in [1.54, 1.807) is 0 Å².